The summed E-state index contributed by atoms with van der Waals surface area (Å²) in [6, 6.07) is 10.1. The smallest absolute Gasteiger partial charge is 0.213 e. The van der Waals surface area contributed by atoms with Crippen LogP contribution >= 0.6 is 35.3 Å². The normalized spacial score (nSPS) is 14.9. The van der Waals surface area contributed by atoms with E-state index in [4.69, 9.17) is 4.74 Å². The zero-order valence-corrected chi connectivity index (χ0v) is 17.7. The molecule has 25 heavy (non-hydrogen) atoms. The number of halogens is 1. The van der Waals surface area contributed by atoms with Crippen LogP contribution in [0.25, 0.3) is 0 Å². The minimum atomic E-state index is 0. The molecule has 1 aliphatic heterocycles. The lowest BCUT2D eigenvalue weighted by atomic mass is 10.3. The Morgan fingerprint density at radius 3 is 2.68 bits per heavy atom. The van der Waals surface area contributed by atoms with Crippen molar-refractivity contribution in [1.29, 1.82) is 0 Å². The molecule has 2 aromatic heterocycles. The van der Waals surface area contributed by atoms with Crippen molar-refractivity contribution in [2.75, 3.05) is 45.2 Å². The summed E-state index contributed by atoms with van der Waals surface area (Å²) >= 11 is 1.80. The van der Waals surface area contributed by atoms with Crippen molar-refractivity contribution in [3.8, 4) is 5.88 Å². The standard InChI is InChI=1S/C17H23N5OS.HI/c1-18-17(19-13-14-5-3-6-15(20-14)23-2)22-10-8-21(9-11-22)16-7-4-12-24-16;/h3-7,12H,8-11,13H2,1-2H3,(H,18,19);1H. The number of rotatable bonds is 4. The quantitative estimate of drug-likeness (QED) is 0.421. The van der Waals surface area contributed by atoms with Crippen LogP contribution in [0, 0.1) is 0 Å². The van der Waals surface area contributed by atoms with Crippen LogP contribution in [0.15, 0.2) is 40.7 Å². The van der Waals surface area contributed by atoms with E-state index >= 15 is 0 Å². The molecule has 0 aliphatic carbocycles. The molecule has 1 fully saturated rings. The van der Waals surface area contributed by atoms with Crippen LogP contribution < -0.4 is 15.0 Å². The van der Waals surface area contributed by atoms with Crippen molar-refractivity contribution in [2.45, 2.75) is 6.54 Å². The Labute approximate surface area is 169 Å². The Bertz CT molecular complexity index is 671. The topological polar surface area (TPSA) is 53.0 Å². The summed E-state index contributed by atoms with van der Waals surface area (Å²) < 4.78 is 5.17. The molecule has 0 spiro atoms. The lowest BCUT2D eigenvalue weighted by Gasteiger charge is -2.37. The molecule has 3 heterocycles. The second kappa shape index (κ2) is 9.81. The van der Waals surface area contributed by atoms with Crippen LogP contribution in [0.5, 0.6) is 5.88 Å². The van der Waals surface area contributed by atoms with Crippen LogP contribution in [-0.4, -0.2) is 56.2 Å². The van der Waals surface area contributed by atoms with Gasteiger partial charge in [0, 0.05) is 39.3 Å². The molecule has 0 atom stereocenters. The minimum absolute atomic E-state index is 0. The number of hydrogen-bond acceptors (Lipinski definition) is 5. The Morgan fingerprint density at radius 1 is 1.24 bits per heavy atom. The van der Waals surface area contributed by atoms with Gasteiger partial charge in [0.05, 0.1) is 24.3 Å². The predicted octanol–water partition coefficient (Wildman–Crippen LogP) is 2.67. The highest BCUT2D eigenvalue weighted by Gasteiger charge is 2.20. The molecular weight excluding hydrogens is 449 g/mol. The van der Waals surface area contributed by atoms with E-state index in [1.165, 1.54) is 5.00 Å². The molecule has 1 N–H and O–H groups in total. The molecule has 8 heteroatoms. The summed E-state index contributed by atoms with van der Waals surface area (Å²) in [6.07, 6.45) is 0. The van der Waals surface area contributed by atoms with Crippen LogP contribution in [-0.2, 0) is 6.54 Å². The van der Waals surface area contributed by atoms with Gasteiger partial charge in [-0.1, -0.05) is 6.07 Å². The SMILES string of the molecule is CN=C(NCc1cccc(OC)n1)N1CCN(c2cccs2)CC1.I. The first-order valence-corrected chi connectivity index (χ1v) is 8.92. The van der Waals surface area contributed by atoms with E-state index in [1.807, 2.05) is 25.2 Å². The fourth-order valence-corrected chi connectivity index (χ4v) is 3.55. The highest BCUT2D eigenvalue weighted by atomic mass is 127. The highest BCUT2D eigenvalue weighted by Crippen LogP contribution is 2.22. The maximum atomic E-state index is 5.17. The van der Waals surface area contributed by atoms with Gasteiger partial charge in [-0.25, -0.2) is 4.98 Å². The van der Waals surface area contributed by atoms with Crippen molar-refractivity contribution in [1.82, 2.24) is 15.2 Å². The maximum absolute atomic E-state index is 5.17. The summed E-state index contributed by atoms with van der Waals surface area (Å²) in [5.41, 5.74) is 0.938. The number of nitrogens with one attached hydrogen (secondary N) is 1. The van der Waals surface area contributed by atoms with Crippen LogP contribution in [0.2, 0.25) is 0 Å². The van der Waals surface area contributed by atoms with Crippen LogP contribution in [0.3, 0.4) is 0 Å². The van der Waals surface area contributed by atoms with E-state index in [-0.39, 0.29) is 24.0 Å². The third-order valence-electron chi connectivity index (χ3n) is 4.03. The number of hydrogen-bond donors (Lipinski definition) is 1. The molecule has 1 saturated heterocycles. The fourth-order valence-electron chi connectivity index (χ4n) is 2.76. The first kappa shape index (κ1) is 19.8. The van der Waals surface area contributed by atoms with Crippen molar-refractivity contribution < 1.29 is 4.74 Å². The highest BCUT2D eigenvalue weighted by molar-refractivity contribution is 14.0. The van der Waals surface area contributed by atoms with Crippen LogP contribution in [0.4, 0.5) is 5.00 Å². The number of piperazine rings is 1. The van der Waals surface area contributed by atoms with E-state index in [1.54, 1.807) is 18.4 Å². The lowest BCUT2D eigenvalue weighted by Crippen LogP contribution is -2.52. The molecule has 3 rings (SSSR count). The summed E-state index contributed by atoms with van der Waals surface area (Å²) in [7, 11) is 3.46. The van der Waals surface area contributed by atoms with Gasteiger partial charge in [-0.15, -0.1) is 35.3 Å². The Morgan fingerprint density at radius 2 is 2.04 bits per heavy atom. The van der Waals surface area contributed by atoms with Gasteiger partial charge in [0.15, 0.2) is 5.96 Å². The Kier molecular flexibility index (Phi) is 7.76. The Balaban J connectivity index is 0.00000225. The fraction of sp³-hybridized carbons (Fsp3) is 0.412. The number of pyridine rings is 1. The molecule has 0 radical (unpaired) electrons. The Hall–Kier alpha value is -1.55. The molecule has 0 aromatic carbocycles. The number of ether oxygens (including phenoxy) is 1. The number of methoxy groups -OCH3 is 1. The molecule has 2 aromatic rings. The van der Waals surface area contributed by atoms with Gasteiger partial charge in [0.25, 0.3) is 0 Å². The van der Waals surface area contributed by atoms with Crippen LogP contribution in [0.1, 0.15) is 5.69 Å². The summed E-state index contributed by atoms with van der Waals surface area (Å²) in [6.45, 7) is 4.58. The number of anilines is 1. The summed E-state index contributed by atoms with van der Waals surface area (Å²) in [4.78, 5) is 13.6. The number of nitrogens with zero attached hydrogens (tertiary/aromatic N) is 4. The first-order chi connectivity index (χ1) is 11.8. The van der Waals surface area contributed by atoms with Gasteiger partial charge < -0.3 is 19.9 Å². The lowest BCUT2D eigenvalue weighted by molar-refractivity contribution is 0.372. The average molecular weight is 473 g/mol. The van der Waals surface area contributed by atoms with E-state index in [0.29, 0.717) is 12.4 Å². The number of thiophene rings is 1. The van der Waals surface area contributed by atoms with Gasteiger partial charge in [-0.2, -0.15) is 0 Å². The van der Waals surface area contributed by atoms with Gasteiger partial charge in [0.1, 0.15) is 0 Å². The van der Waals surface area contributed by atoms with Gasteiger partial charge >= 0.3 is 0 Å². The molecule has 136 valence electrons. The predicted molar refractivity (Wildman–Crippen MR) is 115 cm³/mol. The monoisotopic (exact) mass is 473 g/mol. The van der Waals surface area contributed by atoms with E-state index in [9.17, 15) is 0 Å². The molecule has 0 unspecified atom stereocenters. The molecule has 0 saturated carbocycles. The summed E-state index contributed by atoms with van der Waals surface area (Å²) in [5.74, 6) is 1.55. The van der Waals surface area contributed by atoms with Gasteiger partial charge in [0.2, 0.25) is 5.88 Å². The van der Waals surface area contributed by atoms with Crippen molar-refractivity contribution >= 4 is 46.3 Å². The van der Waals surface area contributed by atoms with E-state index < -0.39 is 0 Å². The van der Waals surface area contributed by atoms with Gasteiger partial charge in [-0.3, -0.25) is 4.99 Å². The van der Waals surface area contributed by atoms with Crippen molar-refractivity contribution in [3.63, 3.8) is 0 Å². The third kappa shape index (κ3) is 5.21. The van der Waals surface area contributed by atoms with E-state index in [2.05, 4.69) is 42.6 Å². The zero-order valence-electron chi connectivity index (χ0n) is 14.5. The second-order valence-electron chi connectivity index (χ2n) is 5.50. The first-order valence-electron chi connectivity index (χ1n) is 8.04. The van der Waals surface area contributed by atoms with Gasteiger partial charge in [-0.05, 0) is 23.6 Å². The summed E-state index contributed by atoms with van der Waals surface area (Å²) in [5, 5.41) is 6.87. The molecule has 1 aliphatic rings. The van der Waals surface area contributed by atoms with E-state index in [0.717, 1.165) is 37.8 Å². The number of aromatic nitrogens is 1. The van der Waals surface area contributed by atoms with Crippen molar-refractivity contribution in [2.24, 2.45) is 4.99 Å². The zero-order chi connectivity index (χ0) is 16.8. The molecule has 0 amide bonds. The maximum Gasteiger partial charge on any atom is 0.213 e. The molecule has 0 bridgehead atoms. The minimum Gasteiger partial charge on any atom is -0.481 e. The number of guanidine groups is 1. The second-order valence-corrected chi connectivity index (χ2v) is 6.42. The average Bonchev–Trinajstić information content (AvgIpc) is 3.18. The number of aliphatic imine (C=N–C) groups is 1. The molecular formula is C17H24IN5OS. The largest absolute Gasteiger partial charge is 0.481 e. The molecule has 6 nitrogen and oxygen atoms in total. The van der Waals surface area contributed by atoms with Crippen molar-refractivity contribution in [3.05, 3.63) is 41.4 Å². The third-order valence-corrected chi connectivity index (χ3v) is 4.96.